The Kier molecular flexibility index (Phi) is 7.80. The van der Waals surface area contributed by atoms with Crippen molar-refractivity contribution in [2.75, 3.05) is 13.7 Å². The number of aliphatic hydroxyl groups excluding tert-OH is 2. The van der Waals surface area contributed by atoms with E-state index in [1.807, 2.05) is 0 Å². The fraction of sp³-hybridized carbons (Fsp3) is 0.640. The van der Waals surface area contributed by atoms with Gasteiger partial charge in [0.15, 0.2) is 17.5 Å². The van der Waals surface area contributed by atoms with Gasteiger partial charge in [0, 0.05) is 25.5 Å². The molecule has 2 aliphatic heterocycles. The van der Waals surface area contributed by atoms with Crippen LogP contribution in [0.1, 0.15) is 51.0 Å². The van der Waals surface area contributed by atoms with Gasteiger partial charge in [0.1, 0.15) is 36.2 Å². The summed E-state index contributed by atoms with van der Waals surface area (Å²) in [4.78, 5) is 5.76. The summed E-state index contributed by atoms with van der Waals surface area (Å²) in [5, 5.41) is 33.2. The standard InChI is InChI=1S/C25H31F3N4O5/c1-35-25-20(10-15-9-19(37-30-15)13-5-3-2-4-6-13)36-21(12-33)24(34)23(25)32-11-18(29-31-32)14-7-16(26)22(28)17(27)8-14/h7-8,11,13,19-21,23-25,33-34H,2-6,9-10,12H2,1H3/t19-,20-,21-,23+,24+,25+/m1/s1. The van der Waals surface area contributed by atoms with E-state index in [4.69, 9.17) is 14.3 Å². The first-order chi connectivity index (χ1) is 17.9. The third-order valence-corrected chi connectivity index (χ3v) is 7.70. The molecule has 3 aliphatic rings. The van der Waals surface area contributed by atoms with Crippen LogP contribution in [0.5, 0.6) is 0 Å². The lowest BCUT2D eigenvalue weighted by molar-refractivity contribution is -0.210. The number of aromatic nitrogens is 3. The number of ether oxygens (including phenoxy) is 2. The van der Waals surface area contributed by atoms with Crippen LogP contribution in [0.3, 0.4) is 0 Å². The van der Waals surface area contributed by atoms with Gasteiger partial charge in [-0.1, -0.05) is 29.6 Å². The maximum atomic E-state index is 13.8. The molecule has 2 fully saturated rings. The molecule has 1 aromatic heterocycles. The molecule has 37 heavy (non-hydrogen) atoms. The molecule has 0 radical (unpaired) electrons. The number of aliphatic hydroxyl groups is 2. The number of halogens is 3. The minimum atomic E-state index is -1.58. The van der Waals surface area contributed by atoms with Crippen molar-refractivity contribution in [1.82, 2.24) is 15.0 Å². The first kappa shape index (κ1) is 26.1. The van der Waals surface area contributed by atoms with Crippen LogP contribution in [0.4, 0.5) is 13.2 Å². The summed E-state index contributed by atoms with van der Waals surface area (Å²) in [7, 11) is 1.47. The van der Waals surface area contributed by atoms with E-state index in [2.05, 4.69) is 15.5 Å². The molecule has 1 saturated carbocycles. The average Bonchev–Trinajstić information content (AvgIpc) is 3.58. The number of oxime groups is 1. The van der Waals surface area contributed by atoms with Crippen LogP contribution in [0.15, 0.2) is 23.5 Å². The second-order valence-electron chi connectivity index (χ2n) is 10.0. The second kappa shape index (κ2) is 11.1. The van der Waals surface area contributed by atoms with Gasteiger partial charge in [0.2, 0.25) is 0 Å². The number of rotatable bonds is 7. The molecule has 2 N–H and O–H groups in total. The van der Waals surface area contributed by atoms with E-state index in [1.54, 1.807) is 0 Å². The van der Waals surface area contributed by atoms with E-state index < -0.39 is 54.5 Å². The first-order valence-electron chi connectivity index (χ1n) is 12.6. The number of benzene rings is 1. The van der Waals surface area contributed by atoms with Gasteiger partial charge in [-0.25, -0.2) is 17.9 Å². The van der Waals surface area contributed by atoms with Crippen molar-refractivity contribution < 1.29 is 37.7 Å². The molecule has 1 aliphatic carbocycles. The molecule has 6 atom stereocenters. The normalized spacial score (nSPS) is 30.8. The van der Waals surface area contributed by atoms with E-state index in [-0.39, 0.29) is 17.4 Å². The Morgan fingerprint density at radius 1 is 1.11 bits per heavy atom. The topological polar surface area (TPSA) is 111 Å². The minimum absolute atomic E-state index is 0.0142. The third kappa shape index (κ3) is 5.25. The van der Waals surface area contributed by atoms with Gasteiger partial charge < -0.3 is 24.5 Å². The van der Waals surface area contributed by atoms with Gasteiger partial charge in [0.25, 0.3) is 0 Å². The van der Waals surface area contributed by atoms with Crippen molar-refractivity contribution in [2.45, 2.75) is 81.5 Å². The van der Waals surface area contributed by atoms with Gasteiger partial charge in [-0.05, 0) is 30.9 Å². The Labute approximate surface area is 212 Å². The smallest absolute Gasteiger partial charge is 0.194 e. The molecule has 9 nitrogen and oxygen atoms in total. The van der Waals surface area contributed by atoms with Crippen molar-refractivity contribution in [3.05, 3.63) is 35.8 Å². The zero-order valence-corrected chi connectivity index (χ0v) is 20.5. The Bertz CT molecular complexity index is 1100. The highest BCUT2D eigenvalue weighted by Gasteiger charge is 2.48. The van der Waals surface area contributed by atoms with Crippen LogP contribution >= 0.6 is 0 Å². The summed E-state index contributed by atoms with van der Waals surface area (Å²) < 4.78 is 54.0. The molecule has 0 amide bonds. The molecule has 0 bridgehead atoms. The zero-order chi connectivity index (χ0) is 26.1. The average molecular weight is 525 g/mol. The van der Waals surface area contributed by atoms with E-state index >= 15 is 0 Å². The van der Waals surface area contributed by atoms with Crippen LogP contribution in [0.2, 0.25) is 0 Å². The van der Waals surface area contributed by atoms with E-state index in [0.717, 1.165) is 30.7 Å². The highest BCUT2D eigenvalue weighted by atomic mass is 19.2. The van der Waals surface area contributed by atoms with Crippen molar-refractivity contribution in [3.8, 4) is 11.3 Å². The molecule has 0 unspecified atom stereocenters. The molecule has 1 aromatic carbocycles. The number of nitrogens with zero attached hydrogens (tertiary/aromatic N) is 4. The molecule has 2 aromatic rings. The van der Waals surface area contributed by atoms with Crippen LogP contribution in [0.25, 0.3) is 11.3 Å². The van der Waals surface area contributed by atoms with Gasteiger partial charge in [-0.2, -0.15) is 0 Å². The van der Waals surface area contributed by atoms with Gasteiger partial charge in [-0.15, -0.1) is 5.10 Å². The fourth-order valence-electron chi connectivity index (χ4n) is 5.75. The largest absolute Gasteiger partial charge is 0.394 e. The highest BCUT2D eigenvalue weighted by molar-refractivity contribution is 5.86. The summed E-state index contributed by atoms with van der Waals surface area (Å²) in [6.07, 6.45) is 4.94. The summed E-state index contributed by atoms with van der Waals surface area (Å²) in [5.41, 5.74) is 0.887. The zero-order valence-electron chi connectivity index (χ0n) is 20.5. The van der Waals surface area contributed by atoms with Crippen molar-refractivity contribution in [2.24, 2.45) is 11.1 Å². The van der Waals surface area contributed by atoms with Crippen molar-refractivity contribution >= 4 is 5.71 Å². The van der Waals surface area contributed by atoms with E-state index in [0.29, 0.717) is 18.8 Å². The second-order valence-corrected chi connectivity index (χ2v) is 10.0. The number of hydrogen-bond acceptors (Lipinski definition) is 8. The first-order valence-corrected chi connectivity index (χ1v) is 12.6. The SMILES string of the molecule is CO[C@@H]1[C@@H](n2cc(-c3cc(F)c(F)c(F)c3)nn2)[C@@H](O)[C@@H](CO)O[C@@H]1CC1=NO[C@@H](C2CCCCC2)C1. The van der Waals surface area contributed by atoms with Crippen LogP contribution < -0.4 is 0 Å². The Balaban J connectivity index is 1.35. The van der Waals surface area contributed by atoms with Crippen molar-refractivity contribution in [3.63, 3.8) is 0 Å². The molecule has 3 heterocycles. The predicted octanol–water partition coefficient (Wildman–Crippen LogP) is 3.15. The lowest BCUT2D eigenvalue weighted by atomic mass is 9.83. The molecule has 5 rings (SSSR count). The van der Waals surface area contributed by atoms with Gasteiger partial charge in [-0.3, -0.25) is 0 Å². The summed E-state index contributed by atoms with van der Waals surface area (Å²) >= 11 is 0. The Morgan fingerprint density at radius 2 is 1.84 bits per heavy atom. The monoisotopic (exact) mass is 524 g/mol. The molecule has 0 spiro atoms. The van der Waals surface area contributed by atoms with Crippen LogP contribution in [-0.4, -0.2) is 75.2 Å². The molecule has 12 heteroatoms. The third-order valence-electron chi connectivity index (χ3n) is 7.70. The molecule has 202 valence electrons. The fourth-order valence-corrected chi connectivity index (χ4v) is 5.75. The Morgan fingerprint density at radius 3 is 2.51 bits per heavy atom. The van der Waals surface area contributed by atoms with Crippen molar-refractivity contribution in [1.29, 1.82) is 0 Å². The maximum absolute atomic E-state index is 13.8. The van der Waals surface area contributed by atoms with E-state index in [9.17, 15) is 23.4 Å². The predicted molar refractivity (Wildman–Crippen MR) is 125 cm³/mol. The summed E-state index contributed by atoms with van der Waals surface area (Å²) in [6.45, 7) is -0.450. The highest BCUT2D eigenvalue weighted by Crippen LogP contribution is 2.37. The summed E-state index contributed by atoms with van der Waals surface area (Å²) in [6, 6.07) is 0.803. The van der Waals surface area contributed by atoms with Crippen LogP contribution in [0, 0.1) is 23.4 Å². The lowest BCUT2D eigenvalue weighted by Crippen LogP contribution is -2.57. The minimum Gasteiger partial charge on any atom is -0.394 e. The number of methoxy groups -OCH3 is 1. The Hall–Kier alpha value is -2.54. The van der Waals surface area contributed by atoms with Crippen LogP contribution in [-0.2, 0) is 14.3 Å². The van der Waals surface area contributed by atoms with Gasteiger partial charge >= 0.3 is 0 Å². The molecule has 1 saturated heterocycles. The summed E-state index contributed by atoms with van der Waals surface area (Å²) in [5.74, 6) is -3.79. The van der Waals surface area contributed by atoms with E-state index in [1.165, 1.54) is 37.3 Å². The lowest BCUT2D eigenvalue weighted by Gasteiger charge is -2.43. The maximum Gasteiger partial charge on any atom is 0.194 e. The number of hydrogen-bond donors (Lipinski definition) is 2. The quantitative estimate of drug-likeness (QED) is 0.536. The molecular weight excluding hydrogens is 493 g/mol. The molecular formula is C25H31F3N4O5. The van der Waals surface area contributed by atoms with Gasteiger partial charge in [0.05, 0.1) is 24.6 Å².